The maximum Gasteiger partial charge on any atom is 0.363 e. The molecule has 0 spiro atoms. The Balaban J connectivity index is 3.07. The molecule has 0 heterocycles. The average molecular weight is 635 g/mol. The smallest absolute Gasteiger partial charge is 0.363 e. The molecule has 16 heteroatoms. The first kappa shape index (κ1) is 41.9. The standard InChI is InChI=1S/C27H54O16/c1-31-26(29)27(30)43-25-24-42-23-22-41-21-20-40-19-18-39-17-16-38-15-14-37-13-12-36-11-10-35-9-8-34-7-6-33-5-4-32-3-2-28/h27-28,30H,2-25H2,1H3. The summed E-state index contributed by atoms with van der Waals surface area (Å²) >= 11 is 0. The fourth-order valence-corrected chi connectivity index (χ4v) is 2.75. The molecule has 43 heavy (non-hydrogen) atoms. The molecule has 0 aromatic rings. The summed E-state index contributed by atoms with van der Waals surface area (Å²) in [7, 11) is 1.16. The molecule has 16 nitrogen and oxygen atoms in total. The number of rotatable bonds is 37. The van der Waals surface area contributed by atoms with Gasteiger partial charge in [-0.15, -0.1) is 0 Å². The highest BCUT2D eigenvalue weighted by Crippen LogP contribution is 1.91. The van der Waals surface area contributed by atoms with E-state index in [-0.39, 0.29) is 19.8 Å². The average Bonchev–Trinajstić information content (AvgIpc) is 3.02. The third-order valence-corrected chi connectivity index (χ3v) is 4.86. The molecule has 0 aliphatic rings. The molecule has 0 aromatic heterocycles. The van der Waals surface area contributed by atoms with E-state index in [4.69, 9.17) is 61.9 Å². The Bertz CT molecular complexity index is 545. The lowest BCUT2D eigenvalue weighted by Gasteiger charge is -2.10. The van der Waals surface area contributed by atoms with Crippen LogP contribution in [0.25, 0.3) is 0 Å². The van der Waals surface area contributed by atoms with E-state index in [0.717, 1.165) is 7.11 Å². The number of ether oxygens (including phenoxy) is 13. The lowest BCUT2D eigenvalue weighted by molar-refractivity contribution is -0.182. The number of esters is 1. The van der Waals surface area contributed by atoms with Crippen LogP contribution < -0.4 is 0 Å². The fourth-order valence-electron chi connectivity index (χ4n) is 2.75. The van der Waals surface area contributed by atoms with Crippen LogP contribution in [0.1, 0.15) is 0 Å². The van der Waals surface area contributed by atoms with Gasteiger partial charge in [0.15, 0.2) is 0 Å². The number of hydrogen-bond acceptors (Lipinski definition) is 16. The minimum atomic E-state index is -1.60. The van der Waals surface area contributed by atoms with Gasteiger partial charge in [0.2, 0.25) is 0 Å². The van der Waals surface area contributed by atoms with Crippen molar-refractivity contribution in [2.75, 3.05) is 166 Å². The first-order valence-electron chi connectivity index (χ1n) is 14.6. The van der Waals surface area contributed by atoms with Crippen LogP contribution in [0.5, 0.6) is 0 Å². The molecule has 0 aromatic carbocycles. The van der Waals surface area contributed by atoms with Crippen molar-refractivity contribution < 1.29 is 76.6 Å². The lowest BCUT2D eigenvalue weighted by Crippen LogP contribution is -2.26. The van der Waals surface area contributed by atoms with Gasteiger partial charge in [-0.1, -0.05) is 0 Å². The summed E-state index contributed by atoms with van der Waals surface area (Å²) in [5.41, 5.74) is 0. The molecule has 2 N–H and O–H groups in total. The molecular weight excluding hydrogens is 580 g/mol. The molecule has 0 radical (unpaired) electrons. The van der Waals surface area contributed by atoms with Crippen LogP contribution in [0.3, 0.4) is 0 Å². The first-order valence-corrected chi connectivity index (χ1v) is 14.6. The van der Waals surface area contributed by atoms with Gasteiger partial charge in [0.05, 0.1) is 166 Å². The molecule has 258 valence electrons. The van der Waals surface area contributed by atoms with Gasteiger partial charge in [-0.3, -0.25) is 0 Å². The monoisotopic (exact) mass is 634 g/mol. The highest BCUT2D eigenvalue weighted by atomic mass is 16.7. The SMILES string of the molecule is COC(=O)C(O)OCCOCCOCCOCCOCCOCCOCCOCCOCCOCCOCCOCCO. The molecule has 0 amide bonds. The van der Waals surface area contributed by atoms with Crippen molar-refractivity contribution in [3.05, 3.63) is 0 Å². The molecule has 0 aliphatic heterocycles. The summed E-state index contributed by atoms with van der Waals surface area (Å²) in [5, 5.41) is 17.8. The highest BCUT2D eigenvalue weighted by molar-refractivity contribution is 5.72. The third-order valence-electron chi connectivity index (χ3n) is 4.86. The topological polar surface area (TPSA) is 178 Å². The number of aliphatic hydroxyl groups excluding tert-OH is 2. The highest BCUT2D eigenvalue weighted by Gasteiger charge is 2.14. The van der Waals surface area contributed by atoms with Crippen molar-refractivity contribution in [2.24, 2.45) is 0 Å². The Labute approximate surface area is 254 Å². The Morgan fingerprint density at radius 1 is 0.419 bits per heavy atom. The van der Waals surface area contributed by atoms with E-state index in [9.17, 15) is 9.90 Å². The maximum atomic E-state index is 10.9. The molecule has 1 unspecified atom stereocenters. The zero-order valence-electron chi connectivity index (χ0n) is 25.7. The molecule has 0 aliphatic carbocycles. The summed E-state index contributed by atoms with van der Waals surface area (Å²) in [6, 6.07) is 0. The number of aliphatic hydroxyl groups is 2. The second-order valence-electron chi connectivity index (χ2n) is 8.21. The van der Waals surface area contributed by atoms with Crippen LogP contribution in [-0.2, 0) is 66.4 Å². The van der Waals surface area contributed by atoms with Crippen molar-refractivity contribution in [3.8, 4) is 0 Å². The molecule has 0 saturated carbocycles. The summed E-state index contributed by atoms with van der Waals surface area (Å²) in [5.74, 6) is -0.849. The molecule has 1 atom stereocenters. The van der Waals surface area contributed by atoms with Crippen molar-refractivity contribution in [3.63, 3.8) is 0 Å². The van der Waals surface area contributed by atoms with Crippen LogP contribution in [0.2, 0.25) is 0 Å². The summed E-state index contributed by atoms with van der Waals surface area (Å²) in [4.78, 5) is 10.9. The van der Waals surface area contributed by atoms with E-state index < -0.39 is 12.3 Å². The van der Waals surface area contributed by atoms with Crippen molar-refractivity contribution in [2.45, 2.75) is 6.29 Å². The fraction of sp³-hybridized carbons (Fsp3) is 0.963. The van der Waals surface area contributed by atoms with Gasteiger partial charge in [0, 0.05) is 0 Å². The van der Waals surface area contributed by atoms with Gasteiger partial charge < -0.3 is 71.8 Å². The van der Waals surface area contributed by atoms with Crippen LogP contribution in [0.4, 0.5) is 0 Å². The first-order chi connectivity index (χ1) is 21.2. The molecule has 0 saturated heterocycles. The van der Waals surface area contributed by atoms with Gasteiger partial charge in [-0.25, -0.2) is 4.79 Å². The number of carbonyl (C=O) groups excluding carboxylic acids is 1. The zero-order valence-corrected chi connectivity index (χ0v) is 25.7. The van der Waals surface area contributed by atoms with E-state index in [2.05, 4.69) is 4.74 Å². The Morgan fingerprint density at radius 3 is 0.837 bits per heavy atom. The van der Waals surface area contributed by atoms with Gasteiger partial charge in [-0.05, 0) is 0 Å². The van der Waals surface area contributed by atoms with E-state index in [1.165, 1.54) is 0 Å². The van der Waals surface area contributed by atoms with Crippen LogP contribution in [-0.4, -0.2) is 188 Å². The van der Waals surface area contributed by atoms with Gasteiger partial charge in [0.1, 0.15) is 0 Å². The number of carbonyl (C=O) groups is 1. The molecular formula is C27H54O16. The Kier molecular flexibility index (Phi) is 36.2. The van der Waals surface area contributed by atoms with E-state index in [0.29, 0.717) is 139 Å². The Morgan fingerprint density at radius 2 is 0.628 bits per heavy atom. The quantitative estimate of drug-likeness (QED) is 0.0466. The summed E-state index contributed by atoms with van der Waals surface area (Å²) in [6.07, 6.45) is -1.60. The largest absolute Gasteiger partial charge is 0.465 e. The minimum Gasteiger partial charge on any atom is -0.465 e. The van der Waals surface area contributed by atoms with Crippen LogP contribution in [0.15, 0.2) is 0 Å². The molecule has 0 rings (SSSR count). The molecule has 0 bridgehead atoms. The lowest BCUT2D eigenvalue weighted by atomic mass is 10.6. The summed E-state index contributed by atoms with van der Waals surface area (Å²) in [6.45, 7) is 9.97. The van der Waals surface area contributed by atoms with E-state index >= 15 is 0 Å². The number of hydrogen-bond donors (Lipinski definition) is 2. The second-order valence-corrected chi connectivity index (χ2v) is 8.21. The van der Waals surface area contributed by atoms with Crippen LogP contribution >= 0.6 is 0 Å². The normalized spacial score (nSPS) is 12.2. The van der Waals surface area contributed by atoms with Crippen molar-refractivity contribution in [1.29, 1.82) is 0 Å². The van der Waals surface area contributed by atoms with Gasteiger partial charge >= 0.3 is 5.97 Å². The Hall–Kier alpha value is -1.09. The predicted octanol–water partition coefficient (Wildman–Crippen LogP) is -1.33. The van der Waals surface area contributed by atoms with Crippen molar-refractivity contribution in [1.82, 2.24) is 0 Å². The van der Waals surface area contributed by atoms with E-state index in [1.54, 1.807) is 0 Å². The third kappa shape index (κ3) is 35.3. The zero-order chi connectivity index (χ0) is 31.3. The summed E-state index contributed by atoms with van der Waals surface area (Å²) < 4.78 is 68.1. The van der Waals surface area contributed by atoms with E-state index in [1.807, 2.05) is 0 Å². The predicted molar refractivity (Wildman–Crippen MR) is 150 cm³/mol. The van der Waals surface area contributed by atoms with Gasteiger partial charge in [-0.2, -0.15) is 0 Å². The minimum absolute atomic E-state index is 0.0189. The van der Waals surface area contributed by atoms with Crippen LogP contribution in [0, 0.1) is 0 Å². The van der Waals surface area contributed by atoms with Gasteiger partial charge in [0.25, 0.3) is 6.29 Å². The van der Waals surface area contributed by atoms with Crippen molar-refractivity contribution >= 4 is 5.97 Å². The molecule has 0 fully saturated rings. The number of methoxy groups -OCH3 is 1. The second kappa shape index (κ2) is 37.1. The maximum absolute atomic E-state index is 10.9.